The molecule has 1 unspecified atom stereocenters. The smallest absolute Gasteiger partial charge is 0.291 e. The molecule has 0 saturated heterocycles. The Morgan fingerprint density at radius 1 is 1.37 bits per heavy atom. The first-order valence-electron chi connectivity index (χ1n) is 7.89. The number of pyridine rings is 1. The Morgan fingerprint density at radius 3 is 2.93 bits per heavy atom. The third-order valence-corrected chi connectivity index (χ3v) is 4.30. The van der Waals surface area contributed by atoms with E-state index in [4.69, 9.17) is 9.94 Å². The van der Waals surface area contributed by atoms with Gasteiger partial charge in [-0.3, -0.25) is 9.63 Å². The highest BCUT2D eigenvalue weighted by Crippen LogP contribution is 2.27. The van der Waals surface area contributed by atoms with E-state index in [9.17, 15) is 14.3 Å². The number of rotatable bonds is 7. The van der Waals surface area contributed by atoms with Gasteiger partial charge in [0.2, 0.25) is 0 Å². The van der Waals surface area contributed by atoms with Crippen molar-refractivity contribution in [3.05, 3.63) is 51.6 Å². The van der Waals surface area contributed by atoms with Crippen molar-refractivity contribution in [1.29, 1.82) is 0 Å². The number of benzene rings is 1. The fraction of sp³-hybridized carbons (Fsp3) is 0.176. The van der Waals surface area contributed by atoms with Crippen LogP contribution in [-0.2, 0) is 4.84 Å². The van der Waals surface area contributed by atoms with Gasteiger partial charge in [-0.05, 0) is 52.9 Å². The van der Waals surface area contributed by atoms with Gasteiger partial charge in [0.1, 0.15) is 30.0 Å². The van der Waals surface area contributed by atoms with Crippen molar-refractivity contribution < 1.29 is 24.2 Å². The molecule has 3 rings (SSSR count). The molecule has 0 aliphatic carbocycles. The first kappa shape index (κ1) is 19.5. The summed E-state index contributed by atoms with van der Waals surface area (Å²) in [4.78, 5) is 24.1. The molecule has 0 fully saturated rings. The van der Waals surface area contributed by atoms with Crippen molar-refractivity contribution in [2.45, 2.75) is 6.10 Å². The van der Waals surface area contributed by atoms with Crippen LogP contribution in [0.25, 0.3) is 10.9 Å². The number of amides is 1. The lowest BCUT2D eigenvalue weighted by Crippen LogP contribution is -2.30. The number of carbonyl (C=O) groups is 1. The Kier molecular flexibility index (Phi) is 6.21. The number of aliphatic hydroxyl groups excluding tert-OH is 2. The number of nitrogens with one attached hydrogen (secondary N) is 3. The van der Waals surface area contributed by atoms with Gasteiger partial charge in [-0.25, -0.2) is 14.9 Å². The molecule has 0 spiro atoms. The lowest BCUT2D eigenvalue weighted by atomic mass is 10.2. The average Bonchev–Trinajstić information content (AvgIpc) is 3.09. The molecule has 142 valence electrons. The fourth-order valence-corrected chi connectivity index (χ4v) is 2.76. The number of carbonyl (C=O) groups excluding carboxylic acids is 1. The number of aliphatic hydroxyl groups is 2. The number of aromatic amines is 1. The number of H-pyrrole nitrogens is 1. The SMILES string of the molecule is O=C(NOCC(O)CO)c1cc2c(Nc3ccc(I)cc3F)nccc2[nH]1. The normalized spacial score (nSPS) is 12.1. The van der Waals surface area contributed by atoms with Gasteiger partial charge in [0.25, 0.3) is 5.91 Å². The van der Waals surface area contributed by atoms with Gasteiger partial charge in [0.15, 0.2) is 0 Å². The second-order valence-corrected chi connectivity index (χ2v) is 6.88. The molecular formula is C17H16FIN4O4. The number of anilines is 2. The number of hydrogen-bond acceptors (Lipinski definition) is 6. The molecule has 1 amide bonds. The predicted octanol–water partition coefficient (Wildman–Crippen LogP) is 2.06. The van der Waals surface area contributed by atoms with E-state index in [0.29, 0.717) is 16.7 Å². The molecule has 27 heavy (non-hydrogen) atoms. The first-order valence-corrected chi connectivity index (χ1v) is 8.96. The Bertz CT molecular complexity index is 965. The third-order valence-electron chi connectivity index (χ3n) is 3.63. The van der Waals surface area contributed by atoms with Gasteiger partial charge in [-0.15, -0.1) is 0 Å². The minimum Gasteiger partial charge on any atom is -0.394 e. The summed E-state index contributed by atoms with van der Waals surface area (Å²) in [5.41, 5.74) is 3.26. The van der Waals surface area contributed by atoms with E-state index in [0.717, 1.165) is 3.57 Å². The molecule has 2 heterocycles. The summed E-state index contributed by atoms with van der Waals surface area (Å²) in [6.07, 6.45) is 0.443. The highest BCUT2D eigenvalue weighted by Gasteiger charge is 2.14. The highest BCUT2D eigenvalue weighted by molar-refractivity contribution is 14.1. The van der Waals surface area contributed by atoms with Gasteiger partial charge in [0.05, 0.1) is 17.8 Å². The van der Waals surface area contributed by atoms with E-state index < -0.39 is 24.4 Å². The lowest BCUT2D eigenvalue weighted by molar-refractivity contribution is -0.0296. The van der Waals surface area contributed by atoms with Crippen LogP contribution in [0.5, 0.6) is 0 Å². The summed E-state index contributed by atoms with van der Waals surface area (Å²) in [7, 11) is 0. The zero-order chi connectivity index (χ0) is 19.4. The molecule has 5 N–H and O–H groups in total. The summed E-state index contributed by atoms with van der Waals surface area (Å²) < 4.78 is 14.9. The van der Waals surface area contributed by atoms with E-state index in [1.807, 2.05) is 22.6 Å². The van der Waals surface area contributed by atoms with Crippen LogP contribution in [0.3, 0.4) is 0 Å². The molecule has 1 atom stereocenters. The standard InChI is InChI=1S/C17H16FIN4O4/c18-12-5-9(19)1-2-14(12)22-16-11-6-15(21-13(11)3-4-20-16)17(26)23-27-8-10(25)7-24/h1-6,10,21,24-25H,7-8H2,(H,20,22)(H,23,26). The molecule has 3 aromatic rings. The van der Waals surface area contributed by atoms with E-state index in [1.165, 1.54) is 12.3 Å². The topological polar surface area (TPSA) is 120 Å². The number of nitrogens with zero attached hydrogens (tertiary/aromatic N) is 1. The molecule has 0 aliphatic heterocycles. The number of hydrogen-bond donors (Lipinski definition) is 5. The van der Waals surface area contributed by atoms with Crippen LogP contribution in [0.15, 0.2) is 36.5 Å². The molecule has 0 bridgehead atoms. The number of halogens is 2. The third kappa shape index (κ3) is 4.71. The number of hydroxylamine groups is 1. The lowest BCUT2D eigenvalue weighted by Gasteiger charge is -2.08. The van der Waals surface area contributed by atoms with E-state index in [-0.39, 0.29) is 18.0 Å². The molecule has 8 nitrogen and oxygen atoms in total. The predicted molar refractivity (Wildman–Crippen MR) is 105 cm³/mol. The van der Waals surface area contributed by atoms with Crippen molar-refractivity contribution >= 4 is 50.9 Å². The van der Waals surface area contributed by atoms with Crippen LogP contribution in [0.2, 0.25) is 0 Å². The van der Waals surface area contributed by atoms with Gasteiger partial charge in [-0.1, -0.05) is 0 Å². The number of aromatic nitrogens is 2. The van der Waals surface area contributed by atoms with E-state index in [1.54, 1.807) is 24.3 Å². The fourth-order valence-electron chi connectivity index (χ4n) is 2.31. The van der Waals surface area contributed by atoms with Crippen molar-refractivity contribution in [2.24, 2.45) is 0 Å². The van der Waals surface area contributed by atoms with Crippen LogP contribution < -0.4 is 10.8 Å². The van der Waals surface area contributed by atoms with Gasteiger partial charge < -0.3 is 20.5 Å². The minimum atomic E-state index is -1.09. The molecule has 10 heteroatoms. The molecule has 1 aromatic carbocycles. The largest absolute Gasteiger partial charge is 0.394 e. The zero-order valence-corrected chi connectivity index (χ0v) is 16.0. The number of fused-ring (bicyclic) bond motifs is 1. The summed E-state index contributed by atoms with van der Waals surface area (Å²) >= 11 is 2.02. The Balaban J connectivity index is 1.79. The average molecular weight is 486 g/mol. The minimum absolute atomic E-state index is 0.197. The maximum absolute atomic E-state index is 14.1. The van der Waals surface area contributed by atoms with Gasteiger partial charge in [0, 0.05) is 15.2 Å². The summed E-state index contributed by atoms with van der Waals surface area (Å²) in [5, 5.41) is 21.4. The Labute approximate surface area is 166 Å². The highest BCUT2D eigenvalue weighted by atomic mass is 127. The molecule has 0 radical (unpaired) electrons. The quantitative estimate of drug-likeness (QED) is 0.258. The summed E-state index contributed by atoms with van der Waals surface area (Å²) in [5.74, 6) is -0.590. The van der Waals surface area contributed by atoms with Crippen molar-refractivity contribution in [3.63, 3.8) is 0 Å². The monoisotopic (exact) mass is 486 g/mol. The van der Waals surface area contributed by atoms with E-state index >= 15 is 0 Å². The molecule has 0 aliphatic rings. The van der Waals surface area contributed by atoms with Crippen molar-refractivity contribution in [3.8, 4) is 0 Å². The Morgan fingerprint density at radius 2 is 2.19 bits per heavy atom. The van der Waals surface area contributed by atoms with Crippen LogP contribution in [0, 0.1) is 9.39 Å². The summed E-state index contributed by atoms with van der Waals surface area (Å²) in [6, 6.07) is 8.00. The second kappa shape index (κ2) is 8.61. The van der Waals surface area contributed by atoms with Gasteiger partial charge >= 0.3 is 0 Å². The maximum Gasteiger partial charge on any atom is 0.291 e. The van der Waals surface area contributed by atoms with Crippen LogP contribution >= 0.6 is 22.6 Å². The van der Waals surface area contributed by atoms with Crippen molar-refractivity contribution in [1.82, 2.24) is 15.4 Å². The molecule has 0 saturated carbocycles. The van der Waals surface area contributed by atoms with E-state index in [2.05, 4.69) is 20.8 Å². The van der Waals surface area contributed by atoms with Crippen LogP contribution in [0.4, 0.5) is 15.9 Å². The van der Waals surface area contributed by atoms with Gasteiger partial charge in [-0.2, -0.15) is 0 Å². The summed E-state index contributed by atoms with van der Waals surface area (Å²) in [6.45, 7) is -0.721. The first-order chi connectivity index (χ1) is 13.0. The zero-order valence-electron chi connectivity index (χ0n) is 13.9. The molecular weight excluding hydrogens is 470 g/mol. The van der Waals surface area contributed by atoms with Crippen LogP contribution in [0.1, 0.15) is 10.5 Å². The van der Waals surface area contributed by atoms with Crippen LogP contribution in [-0.4, -0.2) is 45.4 Å². The maximum atomic E-state index is 14.1. The van der Waals surface area contributed by atoms with Crippen molar-refractivity contribution in [2.75, 3.05) is 18.5 Å². The Hall–Kier alpha value is -2.28. The molecule has 2 aromatic heterocycles. The second-order valence-electron chi connectivity index (χ2n) is 5.63.